The maximum atomic E-state index is 13.8. The van der Waals surface area contributed by atoms with Crippen molar-refractivity contribution in [1.29, 1.82) is 0 Å². The topological polar surface area (TPSA) is 63.7 Å². The van der Waals surface area contributed by atoms with Crippen LogP contribution in [0.15, 0.2) is 12.7 Å². The Labute approximate surface area is 181 Å². The van der Waals surface area contributed by atoms with E-state index in [2.05, 4.69) is 11.3 Å². The van der Waals surface area contributed by atoms with Crippen LogP contribution in [-0.2, 0) is 19.6 Å². The molecule has 0 aliphatic rings. The first-order chi connectivity index (χ1) is 14.9. The summed E-state index contributed by atoms with van der Waals surface area (Å²) in [7, 11) is -9.75. The Hall–Kier alpha value is -2.07. The van der Waals surface area contributed by atoms with Gasteiger partial charge in [-0.05, 0) is 0 Å². The zero-order valence-corrected chi connectivity index (χ0v) is 16.5. The van der Waals surface area contributed by atoms with Crippen molar-refractivity contribution >= 4 is 16.0 Å². The van der Waals surface area contributed by atoms with Gasteiger partial charge in [-0.15, -0.1) is 4.31 Å². The number of halogens is 17. The second kappa shape index (κ2) is 8.50. The third-order valence-corrected chi connectivity index (χ3v) is 5.58. The summed E-state index contributed by atoms with van der Waals surface area (Å²) in [6.07, 6.45) is -14.8. The van der Waals surface area contributed by atoms with Crippen molar-refractivity contribution in [2.24, 2.45) is 0 Å². The summed E-state index contributed by atoms with van der Waals surface area (Å²) < 4.78 is 246. The molecule has 0 heterocycles. The molecule has 0 unspecified atom stereocenters. The van der Waals surface area contributed by atoms with Crippen LogP contribution in [0.5, 0.6) is 0 Å². The average molecular weight is 583 g/mol. The Balaban J connectivity index is 6.87. The minimum Gasteiger partial charge on any atom is -0.392 e. The molecule has 0 spiro atoms. The van der Waals surface area contributed by atoms with Crippen molar-refractivity contribution in [3.8, 4) is 0 Å². The number of likely N-dealkylation sites (N-methyl/N-ethyl adjacent to an activating group) is 1. The van der Waals surface area contributed by atoms with Gasteiger partial charge < -0.3 is 4.74 Å². The monoisotopic (exact) mass is 583 g/mol. The summed E-state index contributed by atoms with van der Waals surface area (Å²) in [6, 6.07) is -6.93. The Kier molecular flexibility index (Phi) is 8.00. The van der Waals surface area contributed by atoms with Gasteiger partial charge in [0, 0.05) is 13.1 Å². The second-order valence-electron chi connectivity index (χ2n) is 5.97. The molecular formula is C12H6F17NO4S. The van der Waals surface area contributed by atoms with E-state index in [0.717, 1.165) is 0 Å². The van der Waals surface area contributed by atoms with Gasteiger partial charge in [-0.3, -0.25) is 0 Å². The molecular weight excluding hydrogens is 577 g/mol. The zero-order chi connectivity index (χ0) is 29.1. The first-order valence-corrected chi connectivity index (χ1v) is 8.85. The van der Waals surface area contributed by atoms with Crippen LogP contribution in [0.25, 0.3) is 0 Å². The van der Waals surface area contributed by atoms with E-state index in [1.54, 1.807) is 0 Å². The molecule has 0 aliphatic heterocycles. The molecule has 5 nitrogen and oxygen atoms in total. The Morgan fingerprint density at radius 1 is 0.714 bits per heavy atom. The maximum Gasteiger partial charge on any atom is 0.483 e. The van der Waals surface area contributed by atoms with E-state index < -0.39 is 74.6 Å². The number of esters is 1. The summed E-state index contributed by atoms with van der Waals surface area (Å²) in [6.45, 7) is 2.38. The Bertz CT molecular complexity index is 939. The first-order valence-electron chi connectivity index (χ1n) is 7.41. The van der Waals surface area contributed by atoms with Crippen LogP contribution in [-0.4, -0.2) is 73.0 Å². The molecule has 0 saturated carbocycles. The minimum atomic E-state index is -8.72. The van der Waals surface area contributed by atoms with Gasteiger partial charge in [0.1, 0.15) is 0 Å². The second-order valence-corrected chi connectivity index (χ2v) is 7.98. The SMILES string of the molecule is C=CC(=O)OC(F)(F)C(F)(F)N(C)S(=O)(=O)C(F)(F)C(F)(F)C(F)(F)C(F)(F)C(F)(F)C(F)(F)F. The molecule has 0 aromatic heterocycles. The van der Waals surface area contributed by atoms with E-state index in [1.165, 1.54) is 0 Å². The number of sulfonamides is 1. The van der Waals surface area contributed by atoms with Gasteiger partial charge in [-0.1, -0.05) is 6.58 Å². The fourth-order valence-electron chi connectivity index (χ4n) is 1.65. The number of rotatable bonds is 10. The summed E-state index contributed by atoms with van der Waals surface area (Å²) in [4.78, 5) is 10.6. The normalized spacial score (nSPS) is 15.9. The largest absolute Gasteiger partial charge is 0.483 e. The van der Waals surface area contributed by atoms with Gasteiger partial charge in [0.2, 0.25) is 0 Å². The highest BCUT2D eigenvalue weighted by Crippen LogP contribution is 2.61. The molecule has 0 bridgehead atoms. The van der Waals surface area contributed by atoms with E-state index in [0.29, 0.717) is 0 Å². The van der Waals surface area contributed by atoms with Crippen LogP contribution >= 0.6 is 0 Å². The third-order valence-electron chi connectivity index (χ3n) is 3.73. The van der Waals surface area contributed by atoms with Gasteiger partial charge in [0.15, 0.2) is 0 Å². The number of carbonyl (C=O) groups excluding carboxylic acids is 1. The van der Waals surface area contributed by atoms with Crippen LogP contribution in [0.3, 0.4) is 0 Å². The summed E-state index contributed by atoms with van der Waals surface area (Å²) in [5.74, 6) is -36.8. The molecule has 0 saturated heterocycles. The average Bonchev–Trinajstić information content (AvgIpc) is 2.64. The van der Waals surface area contributed by atoms with Crippen LogP contribution in [0.2, 0.25) is 0 Å². The first kappa shape index (κ1) is 32.9. The van der Waals surface area contributed by atoms with Gasteiger partial charge in [-0.2, -0.15) is 74.6 Å². The number of alkyl halides is 17. The van der Waals surface area contributed by atoms with E-state index in [1.807, 2.05) is 0 Å². The summed E-state index contributed by atoms with van der Waals surface area (Å²) >= 11 is 0. The molecule has 0 aromatic rings. The van der Waals surface area contributed by atoms with Crippen LogP contribution in [0, 0.1) is 0 Å². The van der Waals surface area contributed by atoms with Crippen molar-refractivity contribution in [3.63, 3.8) is 0 Å². The number of carbonyl (C=O) groups is 1. The fourth-order valence-corrected chi connectivity index (χ4v) is 2.86. The highest BCUT2D eigenvalue weighted by molar-refractivity contribution is 7.90. The standard InChI is InChI=1S/C12H6F17NO4S/c1-3-4(31)34-11(26,27)10(24,25)30(2)35(32,33)12(28,29)8(19,20)6(15,16)5(13,14)7(17,18)9(21,22)23/h3H,1H2,2H3. The molecule has 0 amide bonds. The molecule has 0 rings (SSSR count). The molecule has 208 valence electrons. The van der Waals surface area contributed by atoms with Crippen molar-refractivity contribution in [1.82, 2.24) is 4.31 Å². The van der Waals surface area contributed by atoms with Crippen LogP contribution in [0.1, 0.15) is 0 Å². The van der Waals surface area contributed by atoms with Crippen molar-refractivity contribution < 1.29 is 92.6 Å². The summed E-state index contributed by atoms with van der Waals surface area (Å²) in [5.41, 5.74) is 0. The third kappa shape index (κ3) is 4.48. The van der Waals surface area contributed by atoms with Crippen molar-refractivity contribution in [2.45, 2.75) is 47.3 Å². The van der Waals surface area contributed by atoms with Gasteiger partial charge in [0.25, 0.3) is 10.0 Å². The molecule has 0 aliphatic carbocycles. The molecule has 0 radical (unpaired) electrons. The number of nitrogens with zero attached hydrogens (tertiary/aromatic N) is 1. The smallest absolute Gasteiger partial charge is 0.392 e. The number of ether oxygens (including phenoxy) is 1. The van der Waals surface area contributed by atoms with Crippen LogP contribution < -0.4 is 0 Å². The molecule has 35 heavy (non-hydrogen) atoms. The Morgan fingerprint density at radius 2 is 1.06 bits per heavy atom. The molecule has 0 N–H and O–H groups in total. The zero-order valence-electron chi connectivity index (χ0n) is 15.7. The predicted octanol–water partition coefficient (Wildman–Crippen LogP) is 4.86. The van der Waals surface area contributed by atoms with Crippen molar-refractivity contribution in [2.75, 3.05) is 7.05 Å². The minimum absolute atomic E-state index is 0.329. The van der Waals surface area contributed by atoms with Gasteiger partial charge in [0.05, 0.1) is 0 Å². The predicted molar refractivity (Wildman–Crippen MR) is 73.7 cm³/mol. The highest BCUT2D eigenvalue weighted by atomic mass is 32.2. The van der Waals surface area contributed by atoms with E-state index >= 15 is 0 Å². The molecule has 0 fully saturated rings. The van der Waals surface area contributed by atoms with Gasteiger partial charge >= 0.3 is 53.2 Å². The van der Waals surface area contributed by atoms with Crippen molar-refractivity contribution in [3.05, 3.63) is 12.7 Å². The maximum absolute atomic E-state index is 13.8. The van der Waals surface area contributed by atoms with Gasteiger partial charge in [-0.25, -0.2) is 13.2 Å². The molecule has 23 heteroatoms. The lowest BCUT2D eigenvalue weighted by Crippen LogP contribution is -2.72. The fraction of sp³-hybridized carbons (Fsp3) is 0.750. The molecule has 0 aromatic carbocycles. The highest BCUT2D eigenvalue weighted by Gasteiger charge is 2.93. The molecule has 0 atom stereocenters. The van der Waals surface area contributed by atoms with E-state index in [4.69, 9.17) is 0 Å². The lowest BCUT2D eigenvalue weighted by Gasteiger charge is -2.40. The van der Waals surface area contributed by atoms with E-state index in [9.17, 15) is 87.8 Å². The lowest BCUT2D eigenvalue weighted by molar-refractivity contribution is -0.433. The van der Waals surface area contributed by atoms with Crippen LogP contribution in [0.4, 0.5) is 74.6 Å². The number of hydrogen-bond donors (Lipinski definition) is 0. The quantitative estimate of drug-likeness (QED) is 0.160. The lowest BCUT2D eigenvalue weighted by atomic mass is 9.98. The summed E-state index contributed by atoms with van der Waals surface area (Å²) in [5, 5.41) is -8.23. The van der Waals surface area contributed by atoms with E-state index in [-0.39, 0.29) is 6.08 Å². The Morgan fingerprint density at radius 3 is 1.37 bits per heavy atom. The number of hydrogen-bond acceptors (Lipinski definition) is 4.